The molecule has 1 fully saturated rings. The Balaban J connectivity index is 2.13. The topological polar surface area (TPSA) is 44.1 Å². The normalized spacial score (nSPS) is 14.7. The van der Waals surface area contributed by atoms with E-state index < -0.39 is 11.7 Å². The standard InChI is InChI=1S/C14H13F3N2O/c15-14(16,17)11-4-2-10(3-5-11)13(20)19(9-1-8-18)12-6-7-12/h2-5,12H,1,6-7,9H2. The Kier molecular flexibility index (Phi) is 3.98. The van der Waals surface area contributed by atoms with Crippen LogP contribution in [0.5, 0.6) is 0 Å². The second-order valence-corrected chi connectivity index (χ2v) is 4.71. The first-order valence-electron chi connectivity index (χ1n) is 6.28. The number of benzene rings is 1. The molecule has 2 rings (SSSR count). The number of nitriles is 1. The summed E-state index contributed by atoms with van der Waals surface area (Å²) in [6.45, 7) is 0.320. The number of halogens is 3. The highest BCUT2D eigenvalue weighted by Crippen LogP contribution is 2.31. The zero-order valence-corrected chi connectivity index (χ0v) is 10.7. The van der Waals surface area contributed by atoms with Gasteiger partial charge in [0.1, 0.15) is 0 Å². The van der Waals surface area contributed by atoms with E-state index in [1.54, 1.807) is 4.90 Å². The fraction of sp³-hybridized carbons (Fsp3) is 0.429. The van der Waals surface area contributed by atoms with E-state index in [0.29, 0.717) is 6.54 Å². The maximum atomic E-state index is 12.5. The Labute approximate surface area is 114 Å². The van der Waals surface area contributed by atoms with Crippen molar-refractivity contribution in [3.8, 4) is 6.07 Å². The molecule has 1 amide bonds. The molecule has 0 unspecified atom stereocenters. The maximum Gasteiger partial charge on any atom is 0.416 e. The molecular weight excluding hydrogens is 269 g/mol. The van der Waals surface area contributed by atoms with Crippen molar-refractivity contribution in [1.29, 1.82) is 5.26 Å². The molecule has 20 heavy (non-hydrogen) atoms. The first-order chi connectivity index (χ1) is 9.43. The minimum Gasteiger partial charge on any atom is -0.335 e. The molecule has 3 nitrogen and oxygen atoms in total. The van der Waals surface area contributed by atoms with Crippen molar-refractivity contribution in [2.75, 3.05) is 6.54 Å². The average molecular weight is 282 g/mol. The third kappa shape index (κ3) is 3.29. The zero-order valence-electron chi connectivity index (χ0n) is 10.7. The first kappa shape index (κ1) is 14.4. The fourth-order valence-electron chi connectivity index (χ4n) is 1.97. The minimum absolute atomic E-state index is 0.123. The average Bonchev–Trinajstić information content (AvgIpc) is 3.23. The lowest BCUT2D eigenvalue weighted by Gasteiger charge is -2.21. The van der Waals surface area contributed by atoms with Gasteiger partial charge in [0.2, 0.25) is 0 Å². The monoisotopic (exact) mass is 282 g/mol. The number of carbonyl (C=O) groups excluding carboxylic acids is 1. The molecule has 0 aliphatic heterocycles. The van der Waals surface area contributed by atoms with Crippen molar-refractivity contribution >= 4 is 5.91 Å². The lowest BCUT2D eigenvalue weighted by molar-refractivity contribution is -0.137. The Morgan fingerprint density at radius 2 is 1.90 bits per heavy atom. The van der Waals surface area contributed by atoms with Crippen LogP contribution in [0.1, 0.15) is 35.2 Å². The number of alkyl halides is 3. The van der Waals surface area contributed by atoms with Gasteiger partial charge in [-0.2, -0.15) is 18.4 Å². The van der Waals surface area contributed by atoms with Gasteiger partial charge in [-0.1, -0.05) is 0 Å². The number of rotatable bonds is 4. The number of hydrogen-bond donors (Lipinski definition) is 0. The van der Waals surface area contributed by atoms with Crippen molar-refractivity contribution in [2.24, 2.45) is 0 Å². The lowest BCUT2D eigenvalue weighted by Crippen LogP contribution is -2.33. The molecule has 1 aliphatic carbocycles. The molecule has 0 N–H and O–H groups in total. The molecule has 0 radical (unpaired) electrons. The zero-order chi connectivity index (χ0) is 14.8. The number of carbonyl (C=O) groups is 1. The van der Waals surface area contributed by atoms with Crippen molar-refractivity contribution in [2.45, 2.75) is 31.5 Å². The molecule has 1 aromatic rings. The highest BCUT2D eigenvalue weighted by atomic mass is 19.4. The highest BCUT2D eigenvalue weighted by Gasteiger charge is 2.34. The molecule has 0 atom stereocenters. The molecule has 6 heteroatoms. The molecule has 1 aromatic carbocycles. The van der Waals surface area contributed by atoms with Crippen LogP contribution in [0.2, 0.25) is 0 Å². The molecule has 1 aliphatic rings. The Hall–Kier alpha value is -2.03. The van der Waals surface area contributed by atoms with Gasteiger partial charge < -0.3 is 4.90 Å². The largest absolute Gasteiger partial charge is 0.416 e. The molecule has 0 spiro atoms. The van der Waals surface area contributed by atoms with Gasteiger partial charge in [0.25, 0.3) is 5.91 Å². The highest BCUT2D eigenvalue weighted by molar-refractivity contribution is 5.94. The Morgan fingerprint density at radius 1 is 1.30 bits per heavy atom. The van der Waals surface area contributed by atoms with E-state index in [-0.39, 0.29) is 23.9 Å². The summed E-state index contributed by atoms with van der Waals surface area (Å²) in [6, 6.07) is 6.28. The van der Waals surface area contributed by atoms with E-state index in [0.717, 1.165) is 25.0 Å². The van der Waals surface area contributed by atoms with Gasteiger partial charge in [-0.05, 0) is 37.1 Å². The van der Waals surface area contributed by atoms with Crippen LogP contribution in [0.4, 0.5) is 13.2 Å². The van der Waals surface area contributed by atoms with Crippen LogP contribution in [0, 0.1) is 11.3 Å². The number of nitrogens with zero attached hydrogens (tertiary/aromatic N) is 2. The van der Waals surface area contributed by atoms with Crippen LogP contribution in [0.3, 0.4) is 0 Å². The molecule has 106 valence electrons. The van der Waals surface area contributed by atoms with Crippen molar-refractivity contribution in [1.82, 2.24) is 4.90 Å². The molecular formula is C14H13F3N2O. The van der Waals surface area contributed by atoms with Gasteiger partial charge in [0, 0.05) is 18.2 Å². The maximum absolute atomic E-state index is 12.5. The summed E-state index contributed by atoms with van der Waals surface area (Å²) in [7, 11) is 0. The quantitative estimate of drug-likeness (QED) is 0.851. The SMILES string of the molecule is N#CCCN(C(=O)c1ccc(C(F)(F)F)cc1)C1CC1. The molecule has 0 bridgehead atoms. The smallest absolute Gasteiger partial charge is 0.335 e. The van der Waals surface area contributed by atoms with Crippen LogP contribution >= 0.6 is 0 Å². The third-order valence-corrected chi connectivity index (χ3v) is 3.17. The first-order valence-corrected chi connectivity index (χ1v) is 6.28. The fourth-order valence-corrected chi connectivity index (χ4v) is 1.97. The summed E-state index contributed by atoms with van der Waals surface area (Å²) < 4.78 is 37.4. The van der Waals surface area contributed by atoms with Gasteiger partial charge in [-0.15, -0.1) is 0 Å². The van der Waals surface area contributed by atoms with Gasteiger partial charge in [0.15, 0.2) is 0 Å². The van der Waals surface area contributed by atoms with Crippen LogP contribution in [0.15, 0.2) is 24.3 Å². The van der Waals surface area contributed by atoms with Crippen molar-refractivity contribution < 1.29 is 18.0 Å². The lowest BCUT2D eigenvalue weighted by atomic mass is 10.1. The van der Waals surface area contributed by atoms with Gasteiger partial charge in [-0.25, -0.2) is 0 Å². The van der Waals surface area contributed by atoms with Crippen LogP contribution < -0.4 is 0 Å². The van der Waals surface area contributed by atoms with Gasteiger partial charge in [-0.3, -0.25) is 4.79 Å². The molecule has 0 aromatic heterocycles. The van der Waals surface area contributed by atoms with E-state index in [2.05, 4.69) is 0 Å². The van der Waals surface area contributed by atoms with Crippen LogP contribution in [-0.2, 0) is 6.18 Å². The van der Waals surface area contributed by atoms with E-state index in [4.69, 9.17) is 5.26 Å². The molecule has 0 saturated heterocycles. The van der Waals surface area contributed by atoms with Crippen LogP contribution in [-0.4, -0.2) is 23.4 Å². The van der Waals surface area contributed by atoms with Gasteiger partial charge in [0.05, 0.1) is 18.1 Å². The summed E-state index contributed by atoms with van der Waals surface area (Å²) >= 11 is 0. The van der Waals surface area contributed by atoms with E-state index in [9.17, 15) is 18.0 Å². The minimum atomic E-state index is -4.40. The number of hydrogen-bond acceptors (Lipinski definition) is 2. The summed E-state index contributed by atoms with van der Waals surface area (Å²) in [6.07, 6.45) is -2.41. The Morgan fingerprint density at radius 3 is 2.35 bits per heavy atom. The van der Waals surface area contributed by atoms with E-state index in [1.165, 1.54) is 12.1 Å². The second kappa shape index (κ2) is 5.53. The third-order valence-electron chi connectivity index (χ3n) is 3.17. The van der Waals surface area contributed by atoms with Crippen LogP contribution in [0.25, 0.3) is 0 Å². The van der Waals surface area contributed by atoms with Crippen molar-refractivity contribution in [3.05, 3.63) is 35.4 Å². The van der Waals surface area contributed by atoms with E-state index >= 15 is 0 Å². The predicted molar refractivity (Wildman–Crippen MR) is 65.7 cm³/mol. The predicted octanol–water partition coefficient (Wildman–Crippen LogP) is 3.22. The summed E-state index contributed by atoms with van der Waals surface area (Å²) in [5.74, 6) is -0.309. The summed E-state index contributed by atoms with van der Waals surface area (Å²) in [5, 5.41) is 8.58. The molecule has 1 saturated carbocycles. The number of amides is 1. The Bertz CT molecular complexity index is 527. The van der Waals surface area contributed by atoms with Crippen molar-refractivity contribution in [3.63, 3.8) is 0 Å². The van der Waals surface area contributed by atoms with Gasteiger partial charge >= 0.3 is 6.18 Å². The van der Waals surface area contributed by atoms with E-state index in [1.807, 2.05) is 6.07 Å². The molecule has 0 heterocycles. The second-order valence-electron chi connectivity index (χ2n) is 4.71. The summed E-state index contributed by atoms with van der Waals surface area (Å²) in [4.78, 5) is 13.8. The summed E-state index contributed by atoms with van der Waals surface area (Å²) in [5.41, 5.74) is -0.549.